The second-order valence-corrected chi connectivity index (χ2v) is 6.14. The highest BCUT2D eigenvalue weighted by atomic mass is 32.1. The van der Waals surface area contributed by atoms with Gasteiger partial charge in [0.05, 0.1) is 0 Å². The van der Waals surface area contributed by atoms with E-state index in [1.54, 1.807) is 11.3 Å². The number of aromatic nitrogens is 2. The Labute approximate surface area is 100 Å². The quantitative estimate of drug-likeness (QED) is 0.747. The molecule has 2 rings (SSSR count). The Morgan fingerprint density at radius 2 is 1.88 bits per heavy atom. The smallest absolute Gasteiger partial charge is 0.143 e. The third kappa shape index (κ3) is 2.30. The van der Waals surface area contributed by atoms with Crippen molar-refractivity contribution in [3.8, 4) is 10.6 Å². The van der Waals surface area contributed by atoms with Gasteiger partial charge in [-0.3, -0.25) is 0 Å². The first-order chi connectivity index (χ1) is 7.47. The van der Waals surface area contributed by atoms with Gasteiger partial charge in [0.25, 0.3) is 0 Å². The van der Waals surface area contributed by atoms with Gasteiger partial charge in [-0.25, -0.2) is 0 Å². The standard InChI is InChI=1S/C13H16N2S/c1-9-14-15-12(16-9)10-6-5-7-11(8-10)13(2,3)4/h5-8H,1-4H3. The average molecular weight is 232 g/mol. The van der Waals surface area contributed by atoms with Gasteiger partial charge in [0, 0.05) is 5.56 Å². The predicted molar refractivity (Wildman–Crippen MR) is 68.8 cm³/mol. The summed E-state index contributed by atoms with van der Waals surface area (Å²) in [5, 5.41) is 10.2. The molecule has 0 N–H and O–H groups in total. The third-order valence-electron chi connectivity index (χ3n) is 2.50. The topological polar surface area (TPSA) is 25.8 Å². The number of rotatable bonds is 1. The van der Waals surface area contributed by atoms with E-state index < -0.39 is 0 Å². The van der Waals surface area contributed by atoms with Crippen molar-refractivity contribution < 1.29 is 0 Å². The molecular weight excluding hydrogens is 216 g/mol. The van der Waals surface area contributed by atoms with E-state index in [-0.39, 0.29) is 5.41 Å². The Morgan fingerprint density at radius 1 is 1.12 bits per heavy atom. The molecule has 0 amide bonds. The van der Waals surface area contributed by atoms with Crippen LogP contribution in [0.15, 0.2) is 24.3 Å². The minimum absolute atomic E-state index is 0.176. The molecule has 84 valence electrons. The van der Waals surface area contributed by atoms with Crippen molar-refractivity contribution in [3.05, 3.63) is 34.8 Å². The minimum Gasteiger partial charge on any atom is -0.143 e. The van der Waals surface area contributed by atoms with Crippen LogP contribution in [-0.2, 0) is 5.41 Å². The Morgan fingerprint density at radius 3 is 2.44 bits per heavy atom. The van der Waals surface area contributed by atoms with Crippen molar-refractivity contribution in [1.29, 1.82) is 0 Å². The second kappa shape index (κ2) is 3.98. The van der Waals surface area contributed by atoms with Gasteiger partial charge in [-0.15, -0.1) is 10.2 Å². The molecule has 0 saturated carbocycles. The lowest BCUT2D eigenvalue weighted by Crippen LogP contribution is -2.10. The lowest BCUT2D eigenvalue weighted by atomic mass is 9.86. The molecule has 0 radical (unpaired) electrons. The fraction of sp³-hybridized carbons (Fsp3) is 0.385. The summed E-state index contributed by atoms with van der Waals surface area (Å²) in [6, 6.07) is 8.55. The number of aryl methyl sites for hydroxylation is 1. The summed E-state index contributed by atoms with van der Waals surface area (Å²) in [5.74, 6) is 0. The zero-order chi connectivity index (χ0) is 11.8. The number of hydrogen-bond donors (Lipinski definition) is 0. The summed E-state index contributed by atoms with van der Waals surface area (Å²) >= 11 is 1.64. The molecule has 0 fully saturated rings. The van der Waals surface area contributed by atoms with Gasteiger partial charge in [0.15, 0.2) is 0 Å². The van der Waals surface area contributed by atoms with E-state index >= 15 is 0 Å². The second-order valence-electron chi connectivity index (χ2n) is 4.96. The zero-order valence-corrected chi connectivity index (χ0v) is 10.9. The zero-order valence-electron chi connectivity index (χ0n) is 10.1. The van der Waals surface area contributed by atoms with Gasteiger partial charge in [-0.2, -0.15) is 0 Å². The van der Waals surface area contributed by atoms with Crippen molar-refractivity contribution in [2.45, 2.75) is 33.1 Å². The summed E-state index contributed by atoms with van der Waals surface area (Å²) in [6.07, 6.45) is 0. The Bertz CT molecular complexity index is 495. The molecule has 0 aliphatic heterocycles. The van der Waals surface area contributed by atoms with E-state index in [0.29, 0.717) is 0 Å². The molecule has 2 aromatic rings. The number of nitrogens with zero attached hydrogens (tertiary/aromatic N) is 2. The lowest BCUT2D eigenvalue weighted by molar-refractivity contribution is 0.590. The van der Waals surface area contributed by atoms with E-state index in [0.717, 1.165) is 15.6 Å². The highest BCUT2D eigenvalue weighted by Gasteiger charge is 2.14. The normalized spacial score (nSPS) is 11.8. The largest absolute Gasteiger partial charge is 0.147 e. The number of hydrogen-bond acceptors (Lipinski definition) is 3. The van der Waals surface area contributed by atoms with Crippen LogP contribution in [0.25, 0.3) is 10.6 Å². The van der Waals surface area contributed by atoms with Gasteiger partial charge in [-0.1, -0.05) is 50.3 Å². The highest BCUT2D eigenvalue weighted by Crippen LogP contribution is 2.28. The van der Waals surface area contributed by atoms with Crippen LogP contribution in [0.5, 0.6) is 0 Å². The average Bonchev–Trinajstić information content (AvgIpc) is 2.64. The fourth-order valence-corrected chi connectivity index (χ4v) is 2.22. The Kier molecular flexibility index (Phi) is 2.80. The molecule has 0 aliphatic carbocycles. The summed E-state index contributed by atoms with van der Waals surface area (Å²) < 4.78 is 0. The summed E-state index contributed by atoms with van der Waals surface area (Å²) in [5.41, 5.74) is 2.67. The molecule has 1 aromatic carbocycles. The SMILES string of the molecule is Cc1nnc(-c2cccc(C(C)(C)C)c2)s1. The van der Waals surface area contributed by atoms with Crippen LogP contribution in [0.3, 0.4) is 0 Å². The Hall–Kier alpha value is -1.22. The summed E-state index contributed by atoms with van der Waals surface area (Å²) in [7, 11) is 0. The number of benzene rings is 1. The first kappa shape index (κ1) is 11.3. The first-order valence-electron chi connectivity index (χ1n) is 5.38. The molecule has 0 unspecified atom stereocenters. The van der Waals surface area contributed by atoms with E-state index in [1.807, 2.05) is 6.92 Å². The molecule has 3 heteroatoms. The third-order valence-corrected chi connectivity index (χ3v) is 3.39. The molecule has 1 heterocycles. The molecule has 2 nitrogen and oxygen atoms in total. The van der Waals surface area contributed by atoms with Crippen LogP contribution in [0.4, 0.5) is 0 Å². The Balaban J connectivity index is 2.44. The monoisotopic (exact) mass is 232 g/mol. The minimum atomic E-state index is 0.176. The van der Waals surface area contributed by atoms with Gasteiger partial charge in [0.2, 0.25) is 0 Å². The van der Waals surface area contributed by atoms with Crippen LogP contribution in [0.1, 0.15) is 31.3 Å². The van der Waals surface area contributed by atoms with E-state index in [9.17, 15) is 0 Å². The maximum Gasteiger partial charge on any atom is 0.147 e. The van der Waals surface area contributed by atoms with E-state index in [1.165, 1.54) is 5.56 Å². The van der Waals surface area contributed by atoms with Gasteiger partial charge < -0.3 is 0 Å². The molecule has 0 saturated heterocycles. The van der Waals surface area contributed by atoms with Crippen LogP contribution < -0.4 is 0 Å². The van der Waals surface area contributed by atoms with Gasteiger partial charge in [0.1, 0.15) is 10.0 Å². The van der Waals surface area contributed by atoms with Crippen molar-refractivity contribution in [2.75, 3.05) is 0 Å². The van der Waals surface area contributed by atoms with E-state index in [2.05, 4.69) is 55.2 Å². The molecule has 0 spiro atoms. The first-order valence-corrected chi connectivity index (χ1v) is 6.19. The van der Waals surface area contributed by atoms with Crippen molar-refractivity contribution in [1.82, 2.24) is 10.2 Å². The fourth-order valence-electron chi connectivity index (χ4n) is 1.53. The van der Waals surface area contributed by atoms with Crippen LogP contribution >= 0.6 is 11.3 Å². The summed E-state index contributed by atoms with van der Waals surface area (Å²) in [6.45, 7) is 8.64. The highest BCUT2D eigenvalue weighted by molar-refractivity contribution is 7.14. The maximum absolute atomic E-state index is 4.18. The molecule has 0 bridgehead atoms. The summed E-state index contributed by atoms with van der Waals surface area (Å²) in [4.78, 5) is 0. The van der Waals surface area contributed by atoms with E-state index in [4.69, 9.17) is 0 Å². The van der Waals surface area contributed by atoms with Crippen molar-refractivity contribution in [2.24, 2.45) is 0 Å². The lowest BCUT2D eigenvalue weighted by Gasteiger charge is -2.19. The van der Waals surface area contributed by atoms with Gasteiger partial charge in [-0.05, 0) is 24.0 Å². The predicted octanol–water partition coefficient (Wildman–Crippen LogP) is 3.81. The van der Waals surface area contributed by atoms with Crippen LogP contribution in [0.2, 0.25) is 0 Å². The molecule has 0 atom stereocenters. The molecule has 1 aromatic heterocycles. The maximum atomic E-state index is 4.18. The van der Waals surface area contributed by atoms with Gasteiger partial charge >= 0.3 is 0 Å². The molecule has 16 heavy (non-hydrogen) atoms. The molecule has 0 aliphatic rings. The van der Waals surface area contributed by atoms with Crippen molar-refractivity contribution >= 4 is 11.3 Å². The van der Waals surface area contributed by atoms with Crippen LogP contribution in [0, 0.1) is 6.92 Å². The van der Waals surface area contributed by atoms with Crippen LogP contribution in [-0.4, -0.2) is 10.2 Å². The molecular formula is C13H16N2S. The van der Waals surface area contributed by atoms with Crippen molar-refractivity contribution in [3.63, 3.8) is 0 Å².